The number of hydrogen-bond acceptors (Lipinski definition) is 2. The Balaban J connectivity index is 1.23. The van der Waals surface area contributed by atoms with Gasteiger partial charge in [-0.15, -0.1) is 0 Å². The molecule has 4 heteroatoms. The lowest BCUT2D eigenvalue weighted by Gasteiger charge is -2.48. The van der Waals surface area contributed by atoms with Crippen molar-refractivity contribution in [3.8, 4) is 0 Å². The molecule has 2 amide bonds. The number of likely N-dealkylation sites (tertiary alicyclic amines) is 2. The lowest BCUT2D eigenvalue weighted by atomic mass is 9.82. The summed E-state index contributed by atoms with van der Waals surface area (Å²) < 4.78 is 0. The second-order valence-corrected chi connectivity index (χ2v) is 9.18. The van der Waals surface area contributed by atoms with Gasteiger partial charge in [0.05, 0.1) is 6.42 Å². The van der Waals surface area contributed by atoms with Gasteiger partial charge in [0.1, 0.15) is 0 Å². The molecular weight excluding hydrogens is 348 g/mol. The van der Waals surface area contributed by atoms with E-state index in [9.17, 15) is 9.59 Å². The summed E-state index contributed by atoms with van der Waals surface area (Å²) >= 11 is 0. The Morgan fingerprint density at radius 2 is 1.86 bits per heavy atom. The SMILES string of the molecule is O=C(Cc1ccccc1)N1CC[C@H]2[C@H](CCCN2C(=O)[C@H]2C[C@@H]3C=C[C@H]2C3)C1. The van der Waals surface area contributed by atoms with Gasteiger partial charge in [0.2, 0.25) is 11.8 Å². The fourth-order valence-corrected chi connectivity index (χ4v) is 6.06. The summed E-state index contributed by atoms with van der Waals surface area (Å²) in [7, 11) is 0. The molecule has 2 saturated heterocycles. The number of carbonyl (C=O) groups is 2. The standard InChI is InChI=1S/C24H30N2O2/c27-23(15-17-5-2-1-3-6-17)25-12-10-22-20(16-25)7-4-11-26(22)24(28)21-14-18-8-9-19(21)13-18/h1-3,5-6,8-9,18-22H,4,7,10-16H2/t18-,19+,20-,21+,22+/m1/s1. The summed E-state index contributed by atoms with van der Waals surface area (Å²) in [6.07, 6.45) is 10.5. The van der Waals surface area contributed by atoms with Crippen LogP contribution in [0.1, 0.15) is 37.7 Å². The minimum absolute atomic E-state index is 0.214. The Morgan fingerprint density at radius 3 is 2.61 bits per heavy atom. The Labute approximate surface area is 167 Å². The molecule has 3 fully saturated rings. The number of nitrogens with zero attached hydrogens (tertiary/aromatic N) is 2. The summed E-state index contributed by atoms with van der Waals surface area (Å²) in [4.78, 5) is 30.4. The molecule has 2 bridgehead atoms. The van der Waals surface area contributed by atoms with Crippen LogP contribution < -0.4 is 0 Å². The van der Waals surface area contributed by atoms with Crippen molar-refractivity contribution in [2.24, 2.45) is 23.7 Å². The first-order chi connectivity index (χ1) is 13.7. The van der Waals surface area contributed by atoms with E-state index in [-0.39, 0.29) is 11.8 Å². The van der Waals surface area contributed by atoms with E-state index in [0.29, 0.717) is 36.1 Å². The van der Waals surface area contributed by atoms with Crippen molar-refractivity contribution in [3.63, 3.8) is 0 Å². The van der Waals surface area contributed by atoms with Crippen LogP contribution in [0.2, 0.25) is 0 Å². The molecule has 1 saturated carbocycles. The Hall–Kier alpha value is -2.10. The van der Waals surface area contributed by atoms with Gasteiger partial charge in [-0.05, 0) is 55.4 Å². The highest BCUT2D eigenvalue weighted by atomic mass is 16.2. The summed E-state index contributed by atoms with van der Waals surface area (Å²) in [5, 5.41) is 0. The molecule has 1 aromatic carbocycles. The van der Waals surface area contributed by atoms with Crippen LogP contribution >= 0.6 is 0 Å². The minimum atomic E-state index is 0.214. The molecule has 0 aromatic heterocycles. The van der Waals surface area contributed by atoms with Crippen LogP contribution in [0, 0.1) is 23.7 Å². The van der Waals surface area contributed by atoms with Crippen LogP contribution in [0.25, 0.3) is 0 Å². The number of fused-ring (bicyclic) bond motifs is 3. The summed E-state index contributed by atoms with van der Waals surface area (Å²) in [6, 6.07) is 10.4. The first-order valence-corrected chi connectivity index (χ1v) is 11.0. The molecule has 0 N–H and O–H groups in total. The average Bonchev–Trinajstić information content (AvgIpc) is 3.37. The quantitative estimate of drug-likeness (QED) is 0.758. The maximum Gasteiger partial charge on any atom is 0.227 e. The number of piperidine rings is 2. The number of allylic oxidation sites excluding steroid dienone is 2. The minimum Gasteiger partial charge on any atom is -0.342 e. The molecule has 0 spiro atoms. The third kappa shape index (κ3) is 3.27. The van der Waals surface area contributed by atoms with Gasteiger partial charge in [-0.2, -0.15) is 0 Å². The van der Waals surface area contributed by atoms with Gasteiger partial charge in [0, 0.05) is 31.6 Å². The van der Waals surface area contributed by atoms with Crippen molar-refractivity contribution in [1.29, 1.82) is 0 Å². The van der Waals surface area contributed by atoms with Crippen LogP contribution in [0.4, 0.5) is 0 Å². The predicted octanol–water partition coefficient (Wildman–Crippen LogP) is 3.28. The van der Waals surface area contributed by atoms with Crippen molar-refractivity contribution in [1.82, 2.24) is 9.80 Å². The molecule has 2 aliphatic carbocycles. The van der Waals surface area contributed by atoms with Gasteiger partial charge in [0.25, 0.3) is 0 Å². The predicted molar refractivity (Wildman–Crippen MR) is 108 cm³/mol. The lowest BCUT2D eigenvalue weighted by Crippen LogP contribution is -2.58. The Kier molecular flexibility index (Phi) is 4.73. The van der Waals surface area contributed by atoms with E-state index in [2.05, 4.69) is 17.1 Å². The molecule has 5 rings (SSSR count). The second kappa shape index (κ2) is 7.38. The van der Waals surface area contributed by atoms with E-state index < -0.39 is 0 Å². The molecule has 2 aliphatic heterocycles. The Bertz CT molecular complexity index is 774. The van der Waals surface area contributed by atoms with E-state index >= 15 is 0 Å². The summed E-state index contributed by atoms with van der Waals surface area (Å²) in [5.41, 5.74) is 1.08. The van der Waals surface area contributed by atoms with Crippen LogP contribution in [-0.2, 0) is 16.0 Å². The zero-order valence-corrected chi connectivity index (χ0v) is 16.5. The normalized spacial score (nSPS) is 33.8. The highest BCUT2D eigenvalue weighted by molar-refractivity contribution is 5.81. The van der Waals surface area contributed by atoms with E-state index in [4.69, 9.17) is 0 Å². The van der Waals surface area contributed by atoms with E-state index in [1.165, 1.54) is 6.42 Å². The second-order valence-electron chi connectivity index (χ2n) is 9.18. The van der Waals surface area contributed by atoms with Crippen LogP contribution in [0.3, 0.4) is 0 Å². The summed E-state index contributed by atoms with van der Waals surface area (Å²) in [5.74, 6) is 2.40. The third-order valence-corrected chi connectivity index (χ3v) is 7.50. The maximum absolute atomic E-state index is 13.3. The van der Waals surface area contributed by atoms with E-state index in [1.54, 1.807) is 0 Å². The van der Waals surface area contributed by atoms with Gasteiger partial charge >= 0.3 is 0 Å². The molecule has 1 aromatic rings. The van der Waals surface area contributed by atoms with Crippen molar-refractivity contribution in [3.05, 3.63) is 48.0 Å². The van der Waals surface area contributed by atoms with E-state index in [0.717, 1.165) is 50.9 Å². The fourth-order valence-electron chi connectivity index (χ4n) is 6.06. The largest absolute Gasteiger partial charge is 0.342 e. The highest BCUT2D eigenvalue weighted by Crippen LogP contribution is 2.45. The molecular formula is C24H30N2O2. The van der Waals surface area contributed by atoms with Gasteiger partial charge in [0.15, 0.2) is 0 Å². The van der Waals surface area contributed by atoms with E-state index in [1.807, 2.05) is 35.2 Å². The molecule has 4 nitrogen and oxygen atoms in total. The molecule has 5 atom stereocenters. The molecule has 2 heterocycles. The average molecular weight is 379 g/mol. The van der Waals surface area contributed by atoms with Crippen molar-refractivity contribution >= 4 is 11.8 Å². The zero-order valence-electron chi connectivity index (χ0n) is 16.5. The van der Waals surface area contributed by atoms with Crippen LogP contribution in [0.5, 0.6) is 0 Å². The topological polar surface area (TPSA) is 40.6 Å². The Morgan fingerprint density at radius 1 is 1.00 bits per heavy atom. The number of benzene rings is 1. The van der Waals surface area contributed by atoms with Gasteiger partial charge in [-0.1, -0.05) is 42.5 Å². The molecule has 0 radical (unpaired) electrons. The lowest BCUT2D eigenvalue weighted by molar-refractivity contribution is -0.145. The van der Waals surface area contributed by atoms with Gasteiger partial charge in [-0.3, -0.25) is 9.59 Å². The van der Waals surface area contributed by atoms with Crippen molar-refractivity contribution in [2.45, 2.75) is 44.6 Å². The monoisotopic (exact) mass is 378 g/mol. The highest BCUT2D eigenvalue weighted by Gasteiger charge is 2.45. The smallest absolute Gasteiger partial charge is 0.227 e. The fraction of sp³-hybridized carbons (Fsp3) is 0.583. The summed E-state index contributed by atoms with van der Waals surface area (Å²) in [6.45, 7) is 2.51. The van der Waals surface area contributed by atoms with Crippen LogP contribution in [-0.4, -0.2) is 47.3 Å². The number of hydrogen-bond donors (Lipinski definition) is 0. The molecule has 0 unspecified atom stereocenters. The maximum atomic E-state index is 13.3. The van der Waals surface area contributed by atoms with Gasteiger partial charge in [-0.25, -0.2) is 0 Å². The number of rotatable bonds is 3. The molecule has 28 heavy (non-hydrogen) atoms. The number of amides is 2. The first kappa shape index (κ1) is 18.0. The van der Waals surface area contributed by atoms with Crippen LogP contribution in [0.15, 0.2) is 42.5 Å². The van der Waals surface area contributed by atoms with Gasteiger partial charge < -0.3 is 9.80 Å². The first-order valence-electron chi connectivity index (χ1n) is 11.0. The number of carbonyl (C=O) groups excluding carboxylic acids is 2. The third-order valence-electron chi connectivity index (χ3n) is 7.50. The van der Waals surface area contributed by atoms with Crippen molar-refractivity contribution < 1.29 is 9.59 Å². The zero-order chi connectivity index (χ0) is 19.1. The molecule has 4 aliphatic rings. The van der Waals surface area contributed by atoms with Crippen molar-refractivity contribution in [2.75, 3.05) is 19.6 Å². The molecule has 148 valence electrons.